The van der Waals surface area contributed by atoms with Gasteiger partial charge in [0.25, 0.3) is 5.91 Å². The van der Waals surface area contributed by atoms with Crippen molar-refractivity contribution in [3.63, 3.8) is 0 Å². The van der Waals surface area contributed by atoms with Crippen molar-refractivity contribution < 1.29 is 14.0 Å². The molecule has 0 saturated heterocycles. The summed E-state index contributed by atoms with van der Waals surface area (Å²) in [6.07, 6.45) is 3.65. The van der Waals surface area contributed by atoms with Gasteiger partial charge in [0.15, 0.2) is 5.76 Å². The number of fused-ring (bicyclic) bond motifs is 1. The summed E-state index contributed by atoms with van der Waals surface area (Å²) in [5.41, 5.74) is 3.34. The highest BCUT2D eigenvalue weighted by Gasteiger charge is 2.19. The van der Waals surface area contributed by atoms with Crippen LogP contribution < -0.4 is 10.6 Å². The number of aromatic nitrogens is 1. The fraction of sp³-hybridized carbons (Fsp3) is 0.167. The molecular weight excluding hydrogens is 378 g/mol. The third-order valence-corrected chi connectivity index (χ3v) is 5.08. The summed E-state index contributed by atoms with van der Waals surface area (Å²) in [5.74, 6) is -0.188. The van der Waals surface area contributed by atoms with E-state index in [9.17, 15) is 9.59 Å². The molecule has 1 atom stereocenters. The lowest BCUT2D eigenvalue weighted by molar-refractivity contribution is -0.120. The molecule has 3 N–H and O–H groups in total. The number of hydrogen-bond acceptors (Lipinski definition) is 3. The van der Waals surface area contributed by atoms with Crippen molar-refractivity contribution in [2.24, 2.45) is 0 Å². The zero-order chi connectivity index (χ0) is 20.8. The van der Waals surface area contributed by atoms with Gasteiger partial charge < -0.3 is 20.0 Å². The minimum Gasteiger partial charge on any atom is -0.459 e. The number of nitrogens with one attached hydrogen (secondary N) is 3. The predicted octanol–water partition coefficient (Wildman–Crippen LogP) is 3.83. The number of aromatic amines is 1. The lowest BCUT2D eigenvalue weighted by Crippen LogP contribution is -2.33. The largest absolute Gasteiger partial charge is 0.459 e. The summed E-state index contributed by atoms with van der Waals surface area (Å²) in [6.45, 7) is 0.714. The van der Waals surface area contributed by atoms with Crippen LogP contribution in [0.5, 0.6) is 0 Å². The highest BCUT2D eigenvalue weighted by molar-refractivity contribution is 5.91. The molecule has 0 saturated carbocycles. The van der Waals surface area contributed by atoms with Crippen LogP contribution in [-0.2, 0) is 4.79 Å². The SMILES string of the molecule is O=C(CCNC(=O)c1ccco1)NCC(c1ccccc1)c1c[nH]c2ccccc12. The first kappa shape index (κ1) is 19.5. The quantitative estimate of drug-likeness (QED) is 0.419. The average molecular weight is 401 g/mol. The fourth-order valence-electron chi connectivity index (χ4n) is 3.56. The lowest BCUT2D eigenvalue weighted by Gasteiger charge is -2.18. The Morgan fingerprint density at radius 2 is 1.73 bits per heavy atom. The highest BCUT2D eigenvalue weighted by atomic mass is 16.3. The van der Waals surface area contributed by atoms with E-state index in [0.29, 0.717) is 6.54 Å². The normalized spacial score (nSPS) is 11.9. The third kappa shape index (κ3) is 4.43. The van der Waals surface area contributed by atoms with Crippen molar-refractivity contribution in [1.82, 2.24) is 15.6 Å². The van der Waals surface area contributed by atoms with E-state index in [2.05, 4.69) is 33.8 Å². The summed E-state index contributed by atoms with van der Waals surface area (Å²) in [6, 6.07) is 21.5. The van der Waals surface area contributed by atoms with Crippen molar-refractivity contribution in [1.29, 1.82) is 0 Å². The van der Waals surface area contributed by atoms with Gasteiger partial charge in [-0.25, -0.2) is 0 Å². The molecule has 2 heterocycles. The third-order valence-electron chi connectivity index (χ3n) is 5.08. The van der Waals surface area contributed by atoms with Gasteiger partial charge in [-0.1, -0.05) is 48.5 Å². The monoisotopic (exact) mass is 401 g/mol. The van der Waals surface area contributed by atoms with E-state index in [1.54, 1.807) is 12.1 Å². The van der Waals surface area contributed by atoms with Crippen LogP contribution in [0, 0.1) is 0 Å². The Morgan fingerprint density at radius 3 is 2.53 bits per heavy atom. The Kier molecular flexibility index (Phi) is 5.94. The Morgan fingerprint density at radius 1 is 0.933 bits per heavy atom. The molecule has 0 aliphatic rings. The first-order valence-corrected chi connectivity index (χ1v) is 9.92. The van der Waals surface area contributed by atoms with E-state index in [-0.39, 0.29) is 36.5 Å². The molecule has 0 aliphatic heterocycles. The number of amides is 2. The van der Waals surface area contributed by atoms with Crippen molar-refractivity contribution in [3.8, 4) is 0 Å². The topological polar surface area (TPSA) is 87.1 Å². The van der Waals surface area contributed by atoms with Crippen LogP contribution in [0.4, 0.5) is 0 Å². The standard InChI is InChI=1S/C24H23N3O3/c28-23(12-13-25-24(29)22-11-6-14-30-22)27-15-19(17-7-2-1-3-8-17)20-16-26-21-10-5-4-9-18(20)21/h1-11,14,16,19,26H,12-13,15H2,(H,25,29)(H,27,28). The number of carbonyl (C=O) groups is 2. The fourth-order valence-corrected chi connectivity index (χ4v) is 3.56. The number of benzene rings is 2. The van der Waals surface area contributed by atoms with Gasteiger partial charge >= 0.3 is 0 Å². The van der Waals surface area contributed by atoms with E-state index in [4.69, 9.17) is 4.42 Å². The van der Waals surface area contributed by atoms with Crippen LogP contribution >= 0.6 is 0 Å². The summed E-state index contributed by atoms with van der Waals surface area (Å²) in [4.78, 5) is 27.6. The van der Waals surface area contributed by atoms with E-state index >= 15 is 0 Å². The molecule has 0 spiro atoms. The second-order valence-electron chi connectivity index (χ2n) is 7.04. The van der Waals surface area contributed by atoms with Crippen LogP contribution in [0.1, 0.15) is 34.0 Å². The van der Waals surface area contributed by atoms with Gasteiger partial charge in [0, 0.05) is 42.5 Å². The number of para-hydroxylation sites is 1. The molecule has 2 aromatic heterocycles. The minimum atomic E-state index is -0.325. The predicted molar refractivity (Wildman–Crippen MR) is 115 cm³/mol. The Labute approximate surface area is 174 Å². The molecule has 152 valence electrons. The van der Waals surface area contributed by atoms with Gasteiger partial charge in [-0.2, -0.15) is 0 Å². The van der Waals surface area contributed by atoms with Gasteiger partial charge in [0.05, 0.1) is 6.26 Å². The van der Waals surface area contributed by atoms with Crippen molar-refractivity contribution in [3.05, 3.63) is 96.1 Å². The zero-order valence-electron chi connectivity index (χ0n) is 16.4. The van der Waals surface area contributed by atoms with Gasteiger partial charge in [0.1, 0.15) is 0 Å². The van der Waals surface area contributed by atoms with Gasteiger partial charge in [-0.3, -0.25) is 9.59 Å². The zero-order valence-corrected chi connectivity index (χ0v) is 16.4. The van der Waals surface area contributed by atoms with Crippen LogP contribution in [-0.4, -0.2) is 29.9 Å². The van der Waals surface area contributed by atoms with Crippen molar-refractivity contribution in [2.45, 2.75) is 12.3 Å². The second-order valence-corrected chi connectivity index (χ2v) is 7.04. The maximum atomic E-state index is 12.4. The second kappa shape index (κ2) is 9.13. The highest BCUT2D eigenvalue weighted by Crippen LogP contribution is 2.30. The molecule has 6 nitrogen and oxygen atoms in total. The molecule has 2 aromatic carbocycles. The number of furan rings is 1. The molecule has 0 fully saturated rings. The van der Waals surface area contributed by atoms with E-state index in [1.165, 1.54) is 6.26 Å². The molecule has 0 bridgehead atoms. The molecule has 0 aliphatic carbocycles. The average Bonchev–Trinajstić information content (AvgIpc) is 3.45. The number of rotatable bonds is 8. The van der Waals surface area contributed by atoms with Crippen LogP contribution in [0.3, 0.4) is 0 Å². The molecule has 4 rings (SSSR count). The van der Waals surface area contributed by atoms with Gasteiger partial charge in [-0.15, -0.1) is 0 Å². The summed E-state index contributed by atoms with van der Waals surface area (Å²) in [5, 5.41) is 6.85. The van der Waals surface area contributed by atoms with Crippen molar-refractivity contribution in [2.75, 3.05) is 13.1 Å². The molecular formula is C24H23N3O3. The number of carbonyl (C=O) groups excluding carboxylic acids is 2. The molecule has 2 amide bonds. The van der Waals surface area contributed by atoms with Crippen LogP contribution in [0.15, 0.2) is 83.6 Å². The first-order chi connectivity index (χ1) is 14.7. The molecule has 0 radical (unpaired) electrons. The summed E-state index contributed by atoms with van der Waals surface area (Å²) >= 11 is 0. The maximum absolute atomic E-state index is 12.4. The maximum Gasteiger partial charge on any atom is 0.286 e. The smallest absolute Gasteiger partial charge is 0.286 e. The first-order valence-electron chi connectivity index (χ1n) is 9.92. The Balaban J connectivity index is 1.40. The van der Waals surface area contributed by atoms with E-state index in [1.807, 2.05) is 42.6 Å². The molecule has 30 heavy (non-hydrogen) atoms. The Bertz CT molecular complexity index is 1120. The van der Waals surface area contributed by atoms with Crippen molar-refractivity contribution >= 4 is 22.7 Å². The summed E-state index contributed by atoms with van der Waals surface area (Å²) in [7, 11) is 0. The van der Waals surface area contributed by atoms with Crippen LogP contribution in [0.25, 0.3) is 10.9 Å². The minimum absolute atomic E-state index is 0.0176. The number of hydrogen-bond donors (Lipinski definition) is 3. The molecule has 6 heteroatoms. The van der Waals surface area contributed by atoms with Crippen LogP contribution in [0.2, 0.25) is 0 Å². The van der Waals surface area contributed by atoms with Gasteiger partial charge in [0.2, 0.25) is 5.91 Å². The molecule has 1 unspecified atom stereocenters. The summed E-state index contributed by atoms with van der Waals surface area (Å²) < 4.78 is 5.04. The number of H-pyrrole nitrogens is 1. The Hall–Kier alpha value is -3.80. The van der Waals surface area contributed by atoms with E-state index < -0.39 is 0 Å². The lowest BCUT2D eigenvalue weighted by atomic mass is 9.91. The van der Waals surface area contributed by atoms with Gasteiger partial charge in [-0.05, 0) is 29.3 Å². The van der Waals surface area contributed by atoms with E-state index in [0.717, 1.165) is 22.0 Å². The molecule has 4 aromatic rings.